The number of hydrogen-bond acceptors (Lipinski definition) is 4. The van der Waals surface area contributed by atoms with Crippen LogP contribution in [0, 0.1) is 6.92 Å². The molecule has 0 amide bonds. The zero-order chi connectivity index (χ0) is 8.84. The van der Waals surface area contributed by atoms with E-state index in [9.17, 15) is 0 Å². The van der Waals surface area contributed by atoms with Gasteiger partial charge in [0.05, 0.1) is 5.52 Å². The van der Waals surface area contributed by atoms with E-state index in [4.69, 9.17) is 0 Å². The SMILES string of the molecule is Cc1cc2ncnc2c2s[nH]nc12. The molecule has 64 valence electrons. The Morgan fingerprint density at radius 3 is 3.15 bits per heavy atom. The number of fused-ring (bicyclic) bond motifs is 3. The van der Waals surface area contributed by atoms with E-state index >= 15 is 0 Å². The van der Waals surface area contributed by atoms with Gasteiger partial charge in [0.1, 0.15) is 22.1 Å². The minimum atomic E-state index is 0.944. The number of benzene rings is 1. The highest BCUT2D eigenvalue weighted by Gasteiger charge is 2.08. The van der Waals surface area contributed by atoms with Crippen molar-refractivity contribution in [3.8, 4) is 0 Å². The molecule has 1 N–H and O–H groups in total. The number of hydrogen-bond donors (Lipinski definition) is 1. The highest BCUT2D eigenvalue weighted by molar-refractivity contribution is 7.14. The van der Waals surface area contributed by atoms with E-state index < -0.39 is 0 Å². The van der Waals surface area contributed by atoms with Gasteiger partial charge in [0.2, 0.25) is 0 Å². The van der Waals surface area contributed by atoms with Crippen LogP contribution in [0.1, 0.15) is 5.56 Å². The third kappa shape index (κ3) is 0.818. The summed E-state index contributed by atoms with van der Waals surface area (Å²) in [6.45, 7) is 2.03. The number of nitrogens with zero attached hydrogens (tertiary/aromatic N) is 3. The molecule has 4 nitrogen and oxygen atoms in total. The van der Waals surface area contributed by atoms with Crippen molar-refractivity contribution in [2.75, 3.05) is 0 Å². The van der Waals surface area contributed by atoms with E-state index in [1.807, 2.05) is 13.0 Å². The Labute approximate surface area is 77.8 Å². The Morgan fingerprint density at radius 2 is 2.23 bits per heavy atom. The summed E-state index contributed by atoms with van der Waals surface area (Å²) < 4.78 is 3.97. The van der Waals surface area contributed by atoms with Crippen LogP contribution in [0.3, 0.4) is 0 Å². The number of aromatic amines is 1. The molecular formula is C8H6N4S. The van der Waals surface area contributed by atoms with E-state index in [2.05, 4.69) is 19.6 Å². The van der Waals surface area contributed by atoms with Crippen molar-refractivity contribution in [3.05, 3.63) is 18.0 Å². The van der Waals surface area contributed by atoms with E-state index in [1.54, 1.807) is 6.33 Å². The fraction of sp³-hybridized carbons (Fsp3) is 0.125. The van der Waals surface area contributed by atoms with Gasteiger partial charge < -0.3 is 0 Å². The Balaban J connectivity index is 2.70. The minimum absolute atomic E-state index is 0.944. The van der Waals surface area contributed by atoms with Crippen LogP contribution in [0.15, 0.2) is 12.4 Å². The molecule has 0 atom stereocenters. The maximum absolute atomic E-state index is 4.20. The van der Waals surface area contributed by atoms with Gasteiger partial charge in [0.15, 0.2) is 0 Å². The van der Waals surface area contributed by atoms with Crippen LogP contribution in [0.4, 0.5) is 0 Å². The molecular weight excluding hydrogens is 184 g/mol. The quantitative estimate of drug-likeness (QED) is 0.588. The zero-order valence-electron chi connectivity index (χ0n) is 6.90. The Morgan fingerprint density at radius 1 is 1.31 bits per heavy atom. The first-order valence-corrected chi connectivity index (χ1v) is 4.71. The first-order valence-electron chi connectivity index (χ1n) is 3.90. The molecule has 2 aromatic heterocycles. The summed E-state index contributed by atoms with van der Waals surface area (Å²) >= 11 is 1.50. The lowest BCUT2D eigenvalue weighted by molar-refractivity contribution is 1.19. The van der Waals surface area contributed by atoms with Crippen molar-refractivity contribution in [2.45, 2.75) is 6.92 Å². The second-order valence-corrected chi connectivity index (χ2v) is 3.71. The fourth-order valence-electron chi connectivity index (χ4n) is 1.47. The Bertz CT molecular complexity index is 580. The van der Waals surface area contributed by atoms with Crippen LogP contribution < -0.4 is 0 Å². The number of aryl methyl sites for hydroxylation is 1. The van der Waals surface area contributed by atoms with Crippen LogP contribution in [0.2, 0.25) is 0 Å². The van der Waals surface area contributed by atoms with Crippen LogP contribution in [-0.4, -0.2) is 19.6 Å². The van der Waals surface area contributed by atoms with Gasteiger partial charge >= 0.3 is 0 Å². The van der Waals surface area contributed by atoms with Crippen LogP contribution >= 0.6 is 11.5 Å². The standard InChI is InChI=1S/C8H6N4S/c1-4-2-5-7(10-3-9-5)8-6(4)11-12-13-8/h2-3,12H,1H3. The second kappa shape index (κ2) is 2.26. The Hall–Kier alpha value is -1.49. The molecule has 3 rings (SSSR count). The summed E-state index contributed by atoms with van der Waals surface area (Å²) in [6, 6.07) is 2.01. The largest absolute Gasteiger partial charge is 0.235 e. The lowest BCUT2D eigenvalue weighted by Gasteiger charge is -1.92. The van der Waals surface area contributed by atoms with E-state index in [0.717, 1.165) is 26.8 Å². The molecule has 13 heavy (non-hydrogen) atoms. The van der Waals surface area contributed by atoms with Crippen molar-refractivity contribution in [1.82, 2.24) is 19.6 Å². The predicted octanol–water partition coefficient (Wildman–Crippen LogP) is 1.88. The van der Waals surface area contributed by atoms with Crippen molar-refractivity contribution in [3.63, 3.8) is 0 Å². The molecule has 0 bridgehead atoms. The molecule has 5 heteroatoms. The minimum Gasteiger partial charge on any atom is -0.235 e. The first kappa shape index (κ1) is 6.97. The van der Waals surface area contributed by atoms with Gasteiger partial charge in [-0.15, -0.1) is 0 Å². The summed E-state index contributed by atoms with van der Waals surface area (Å²) in [5.74, 6) is 0. The summed E-state index contributed by atoms with van der Waals surface area (Å²) in [5, 5.41) is 4.17. The molecule has 0 aliphatic carbocycles. The summed E-state index contributed by atoms with van der Waals surface area (Å²) in [5.41, 5.74) is 4.03. The topological polar surface area (TPSA) is 54.5 Å². The van der Waals surface area contributed by atoms with Gasteiger partial charge in [-0.3, -0.25) is 0 Å². The second-order valence-electron chi connectivity index (χ2n) is 2.92. The van der Waals surface area contributed by atoms with Gasteiger partial charge in [-0.1, -0.05) is 0 Å². The summed E-state index contributed by atoms with van der Waals surface area (Å²) in [7, 11) is 0. The lowest BCUT2D eigenvalue weighted by atomic mass is 10.2. The number of H-pyrrole nitrogens is 1. The summed E-state index contributed by atoms with van der Waals surface area (Å²) in [6.07, 6.45) is 1.59. The first-order chi connectivity index (χ1) is 6.36. The molecule has 3 aromatic rings. The average molecular weight is 190 g/mol. The molecule has 0 radical (unpaired) electrons. The molecule has 1 aromatic carbocycles. The van der Waals surface area contributed by atoms with Crippen molar-refractivity contribution >= 4 is 32.8 Å². The maximum atomic E-state index is 4.20. The van der Waals surface area contributed by atoms with Crippen LogP contribution in [-0.2, 0) is 0 Å². The highest BCUT2D eigenvalue weighted by Crippen LogP contribution is 2.26. The number of imidazole rings is 1. The normalized spacial score (nSPS) is 11.5. The third-order valence-electron chi connectivity index (χ3n) is 2.09. The number of nitrogens with one attached hydrogen (secondary N) is 1. The van der Waals surface area contributed by atoms with Crippen LogP contribution in [0.5, 0.6) is 0 Å². The maximum Gasteiger partial charge on any atom is 0.116 e. The molecule has 0 unspecified atom stereocenters. The van der Waals surface area contributed by atoms with Gasteiger partial charge in [0, 0.05) is 0 Å². The van der Waals surface area contributed by atoms with E-state index in [-0.39, 0.29) is 0 Å². The van der Waals surface area contributed by atoms with E-state index in [1.165, 1.54) is 11.5 Å². The lowest BCUT2D eigenvalue weighted by Crippen LogP contribution is -1.78. The molecule has 0 aliphatic heterocycles. The molecule has 2 heterocycles. The zero-order valence-corrected chi connectivity index (χ0v) is 7.72. The van der Waals surface area contributed by atoms with Gasteiger partial charge in [0.25, 0.3) is 0 Å². The Kier molecular flexibility index (Phi) is 1.21. The highest BCUT2D eigenvalue weighted by atomic mass is 32.1. The third-order valence-corrected chi connectivity index (χ3v) is 2.86. The fourth-order valence-corrected chi connectivity index (χ4v) is 2.26. The van der Waals surface area contributed by atoms with E-state index in [0.29, 0.717) is 0 Å². The van der Waals surface area contributed by atoms with Crippen molar-refractivity contribution < 1.29 is 0 Å². The molecule has 0 saturated carbocycles. The molecule has 0 spiro atoms. The smallest absolute Gasteiger partial charge is 0.116 e. The number of rotatable bonds is 0. The van der Waals surface area contributed by atoms with Gasteiger partial charge in [-0.05, 0) is 30.1 Å². The summed E-state index contributed by atoms with van der Waals surface area (Å²) in [4.78, 5) is 8.36. The predicted molar refractivity (Wildman–Crippen MR) is 51.8 cm³/mol. The molecule has 0 saturated heterocycles. The van der Waals surface area contributed by atoms with Gasteiger partial charge in [-0.2, -0.15) is 5.10 Å². The molecule has 0 fully saturated rings. The van der Waals surface area contributed by atoms with Gasteiger partial charge in [-0.25, -0.2) is 14.5 Å². The average Bonchev–Trinajstić information content (AvgIpc) is 2.66. The monoisotopic (exact) mass is 190 g/mol. The molecule has 0 aliphatic rings. The van der Waals surface area contributed by atoms with Crippen molar-refractivity contribution in [2.24, 2.45) is 0 Å². The van der Waals surface area contributed by atoms with Crippen molar-refractivity contribution in [1.29, 1.82) is 0 Å². The number of aromatic nitrogens is 4. The van der Waals surface area contributed by atoms with Crippen LogP contribution in [0.25, 0.3) is 21.3 Å².